The Balaban J connectivity index is 2.47. The molecule has 78 valence electrons. The van der Waals surface area contributed by atoms with Crippen LogP contribution in [0.4, 0.5) is 4.39 Å². The summed E-state index contributed by atoms with van der Waals surface area (Å²) in [5.41, 5.74) is 1.40. The highest BCUT2D eigenvalue weighted by Gasteiger charge is 2.13. The number of hydrogen-bond donors (Lipinski definition) is 1. The highest BCUT2D eigenvalue weighted by molar-refractivity contribution is 7.13. The molecule has 2 rings (SSSR count). The molecule has 0 amide bonds. The second-order valence-corrected chi connectivity index (χ2v) is 3.99. The van der Waals surface area contributed by atoms with Crippen LogP contribution in [0.3, 0.4) is 0 Å². The number of rotatable bonds is 3. The van der Waals surface area contributed by atoms with Crippen molar-refractivity contribution in [1.82, 2.24) is 4.98 Å². The molecule has 0 spiro atoms. The molecule has 0 bridgehead atoms. The average molecular weight is 223 g/mol. The van der Waals surface area contributed by atoms with Gasteiger partial charge < -0.3 is 5.11 Å². The van der Waals surface area contributed by atoms with Gasteiger partial charge in [-0.1, -0.05) is 24.3 Å². The fourth-order valence-corrected chi connectivity index (χ4v) is 2.11. The van der Waals surface area contributed by atoms with Gasteiger partial charge in [-0.3, -0.25) is 0 Å². The van der Waals surface area contributed by atoms with Crippen LogP contribution in [0.1, 0.15) is 11.7 Å². The van der Waals surface area contributed by atoms with Crippen molar-refractivity contribution < 1.29 is 9.50 Å². The summed E-state index contributed by atoms with van der Waals surface area (Å²) in [6.45, 7) is -0.775. The Kier molecular flexibility index (Phi) is 3.08. The van der Waals surface area contributed by atoms with Crippen molar-refractivity contribution in [3.8, 4) is 10.6 Å². The molecule has 1 N–H and O–H groups in total. The normalized spacial score (nSPS) is 12.7. The van der Waals surface area contributed by atoms with Crippen molar-refractivity contribution in [2.75, 3.05) is 6.67 Å². The molecule has 15 heavy (non-hydrogen) atoms. The minimum absolute atomic E-state index is 0.593. The number of thiazole rings is 1. The van der Waals surface area contributed by atoms with E-state index in [0.717, 1.165) is 10.6 Å². The van der Waals surface area contributed by atoms with Gasteiger partial charge in [0.1, 0.15) is 17.8 Å². The van der Waals surface area contributed by atoms with E-state index < -0.39 is 12.8 Å². The smallest absolute Gasteiger partial charge is 0.123 e. The van der Waals surface area contributed by atoms with Gasteiger partial charge in [-0.2, -0.15) is 0 Å². The quantitative estimate of drug-likeness (QED) is 0.868. The predicted octanol–water partition coefficient (Wildman–Crippen LogP) is 2.81. The Bertz CT molecular complexity index is 430. The van der Waals surface area contributed by atoms with E-state index in [9.17, 15) is 9.50 Å². The lowest BCUT2D eigenvalue weighted by atomic mass is 10.0. The van der Waals surface area contributed by atoms with Gasteiger partial charge in [0.25, 0.3) is 0 Å². The molecule has 1 unspecified atom stereocenters. The third-order valence-corrected chi connectivity index (χ3v) is 2.94. The van der Waals surface area contributed by atoms with Crippen LogP contribution in [-0.2, 0) is 0 Å². The summed E-state index contributed by atoms with van der Waals surface area (Å²) in [6, 6.07) is 7.20. The molecule has 0 aliphatic heterocycles. The van der Waals surface area contributed by atoms with Crippen LogP contribution in [0, 0.1) is 0 Å². The van der Waals surface area contributed by atoms with Gasteiger partial charge >= 0.3 is 0 Å². The molecule has 0 aliphatic rings. The van der Waals surface area contributed by atoms with Crippen LogP contribution in [0.2, 0.25) is 0 Å². The first-order chi connectivity index (χ1) is 7.33. The van der Waals surface area contributed by atoms with Gasteiger partial charge in [0.05, 0.1) is 0 Å². The number of aliphatic hydroxyl groups is 1. The summed E-state index contributed by atoms with van der Waals surface area (Å²) < 4.78 is 12.4. The Hall–Kier alpha value is -1.26. The van der Waals surface area contributed by atoms with E-state index >= 15 is 0 Å². The zero-order valence-corrected chi connectivity index (χ0v) is 8.75. The lowest BCUT2D eigenvalue weighted by Gasteiger charge is -2.10. The predicted molar refractivity (Wildman–Crippen MR) is 58.5 cm³/mol. The molecule has 4 heteroatoms. The molecule has 0 radical (unpaired) electrons. The molecule has 0 saturated carbocycles. The second-order valence-electron chi connectivity index (χ2n) is 3.09. The van der Waals surface area contributed by atoms with E-state index in [1.165, 1.54) is 11.3 Å². The maximum atomic E-state index is 12.4. The summed E-state index contributed by atoms with van der Waals surface area (Å²) in [5, 5.41) is 12.2. The fraction of sp³-hybridized carbons (Fsp3) is 0.182. The molecule has 2 aromatic rings. The van der Waals surface area contributed by atoms with Gasteiger partial charge in [0, 0.05) is 17.1 Å². The molecule has 1 heterocycles. The molecule has 1 aromatic carbocycles. The molecule has 2 nitrogen and oxygen atoms in total. The standard InChI is InChI=1S/C11H10FNOS/c12-7-10(14)8-3-1-2-4-9(8)11-13-5-6-15-11/h1-6,10,14H,7H2. The number of alkyl halides is 1. The van der Waals surface area contributed by atoms with Crippen molar-refractivity contribution in [2.45, 2.75) is 6.10 Å². The Morgan fingerprint density at radius 2 is 2.20 bits per heavy atom. The highest BCUT2D eigenvalue weighted by Crippen LogP contribution is 2.29. The SMILES string of the molecule is OC(CF)c1ccccc1-c1nccs1. The zero-order valence-electron chi connectivity index (χ0n) is 7.93. The van der Waals surface area contributed by atoms with Crippen LogP contribution in [0.5, 0.6) is 0 Å². The fourth-order valence-electron chi connectivity index (χ4n) is 1.42. The van der Waals surface area contributed by atoms with Gasteiger partial charge in [0.2, 0.25) is 0 Å². The maximum absolute atomic E-state index is 12.4. The number of halogens is 1. The minimum Gasteiger partial charge on any atom is -0.386 e. The van der Waals surface area contributed by atoms with Gasteiger partial charge in [-0.25, -0.2) is 9.37 Å². The number of aromatic nitrogens is 1. The van der Waals surface area contributed by atoms with Crippen LogP contribution in [0.15, 0.2) is 35.8 Å². The number of nitrogens with zero attached hydrogens (tertiary/aromatic N) is 1. The molecular weight excluding hydrogens is 213 g/mol. The topological polar surface area (TPSA) is 33.1 Å². The van der Waals surface area contributed by atoms with E-state index in [4.69, 9.17) is 0 Å². The van der Waals surface area contributed by atoms with Gasteiger partial charge in [-0.15, -0.1) is 11.3 Å². The Morgan fingerprint density at radius 3 is 2.87 bits per heavy atom. The van der Waals surface area contributed by atoms with E-state index in [1.54, 1.807) is 18.3 Å². The van der Waals surface area contributed by atoms with E-state index in [-0.39, 0.29) is 0 Å². The van der Waals surface area contributed by atoms with Crippen molar-refractivity contribution in [3.05, 3.63) is 41.4 Å². The third-order valence-electron chi connectivity index (χ3n) is 2.13. The number of benzene rings is 1. The lowest BCUT2D eigenvalue weighted by Crippen LogP contribution is -2.01. The van der Waals surface area contributed by atoms with Gasteiger partial charge in [0.15, 0.2) is 0 Å². The average Bonchev–Trinajstić information content (AvgIpc) is 2.81. The Labute approximate surface area is 91.0 Å². The summed E-state index contributed by atoms with van der Waals surface area (Å²) in [7, 11) is 0. The first-order valence-corrected chi connectivity index (χ1v) is 5.43. The van der Waals surface area contributed by atoms with E-state index in [1.807, 2.05) is 17.5 Å². The summed E-state index contributed by atoms with van der Waals surface area (Å²) in [5.74, 6) is 0. The Morgan fingerprint density at radius 1 is 1.40 bits per heavy atom. The van der Waals surface area contributed by atoms with Gasteiger partial charge in [-0.05, 0) is 5.56 Å². The van der Waals surface area contributed by atoms with Crippen LogP contribution in [0.25, 0.3) is 10.6 Å². The lowest BCUT2D eigenvalue weighted by molar-refractivity contribution is 0.142. The molecule has 0 saturated heterocycles. The molecule has 1 atom stereocenters. The second kappa shape index (κ2) is 4.51. The van der Waals surface area contributed by atoms with Crippen molar-refractivity contribution in [1.29, 1.82) is 0 Å². The first kappa shape index (κ1) is 10.3. The number of aliphatic hydroxyl groups excluding tert-OH is 1. The van der Waals surface area contributed by atoms with Crippen molar-refractivity contribution in [3.63, 3.8) is 0 Å². The summed E-state index contributed by atoms with van der Waals surface area (Å²) in [4.78, 5) is 4.15. The zero-order chi connectivity index (χ0) is 10.7. The maximum Gasteiger partial charge on any atom is 0.123 e. The largest absolute Gasteiger partial charge is 0.386 e. The van der Waals surface area contributed by atoms with E-state index in [0.29, 0.717) is 5.56 Å². The van der Waals surface area contributed by atoms with E-state index in [2.05, 4.69) is 4.98 Å². The summed E-state index contributed by atoms with van der Waals surface area (Å²) in [6.07, 6.45) is 0.628. The number of hydrogen-bond acceptors (Lipinski definition) is 3. The van der Waals surface area contributed by atoms with Crippen LogP contribution >= 0.6 is 11.3 Å². The first-order valence-electron chi connectivity index (χ1n) is 4.55. The van der Waals surface area contributed by atoms with Crippen molar-refractivity contribution in [2.24, 2.45) is 0 Å². The van der Waals surface area contributed by atoms with Crippen LogP contribution < -0.4 is 0 Å². The molecule has 0 fully saturated rings. The summed E-state index contributed by atoms with van der Waals surface area (Å²) >= 11 is 1.47. The molecule has 0 aliphatic carbocycles. The molecular formula is C11H10FNOS. The third kappa shape index (κ3) is 2.06. The molecule has 1 aromatic heterocycles. The highest BCUT2D eigenvalue weighted by atomic mass is 32.1. The monoisotopic (exact) mass is 223 g/mol. The minimum atomic E-state index is -1.06. The van der Waals surface area contributed by atoms with Crippen LogP contribution in [-0.4, -0.2) is 16.8 Å². The van der Waals surface area contributed by atoms with Crippen molar-refractivity contribution >= 4 is 11.3 Å².